The highest BCUT2D eigenvalue weighted by atomic mass is 79.9. The van der Waals surface area contributed by atoms with E-state index in [9.17, 15) is 0 Å². The molecule has 3 rings (SSSR count). The Hall–Kier alpha value is -1.34. The van der Waals surface area contributed by atoms with Crippen LogP contribution in [0, 0.1) is 6.92 Å². The van der Waals surface area contributed by atoms with Crippen LogP contribution in [0.5, 0.6) is 0 Å². The molecule has 2 aromatic carbocycles. The minimum Gasteiger partial charge on any atom is -0.0622 e. The first-order valence-electron chi connectivity index (χ1n) is 6.63. The molecule has 1 atom stereocenters. The van der Waals surface area contributed by atoms with Gasteiger partial charge in [-0.2, -0.15) is 0 Å². The van der Waals surface area contributed by atoms with Gasteiger partial charge in [-0.05, 0) is 54.7 Å². The monoisotopic (exact) mass is 312 g/mol. The highest BCUT2D eigenvalue weighted by Gasteiger charge is 2.29. The van der Waals surface area contributed by atoms with Gasteiger partial charge in [0.1, 0.15) is 0 Å². The average Bonchev–Trinajstić information content (AvgIpc) is 2.68. The molecule has 19 heavy (non-hydrogen) atoms. The Kier molecular flexibility index (Phi) is 3.10. The van der Waals surface area contributed by atoms with Crippen molar-refractivity contribution in [1.82, 2.24) is 0 Å². The number of halogens is 1. The first-order valence-corrected chi connectivity index (χ1v) is 7.42. The molecule has 0 fully saturated rings. The van der Waals surface area contributed by atoms with Crippen LogP contribution >= 0.6 is 15.9 Å². The quantitative estimate of drug-likeness (QED) is 0.634. The second-order valence-electron chi connectivity index (χ2n) is 5.29. The summed E-state index contributed by atoms with van der Waals surface area (Å²) in [6, 6.07) is 15.2. The lowest BCUT2D eigenvalue weighted by molar-refractivity contribution is 0.972. The van der Waals surface area contributed by atoms with E-state index in [1.54, 1.807) is 0 Å². The maximum Gasteiger partial charge on any atom is 0.0308 e. The Morgan fingerprint density at radius 2 is 1.58 bits per heavy atom. The number of rotatable bonds is 1. The molecule has 0 heterocycles. The van der Waals surface area contributed by atoms with Crippen molar-refractivity contribution in [2.45, 2.75) is 26.7 Å². The van der Waals surface area contributed by atoms with Crippen molar-refractivity contribution in [3.8, 4) is 0 Å². The van der Waals surface area contributed by atoms with Crippen LogP contribution in [0.15, 0.2) is 52.5 Å². The fourth-order valence-electron chi connectivity index (χ4n) is 3.17. The van der Waals surface area contributed by atoms with Crippen molar-refractivity contribution in [2.75, 3.05) is 0 Å². The van der Waals surface area contributed by atoms with Gasteiger partial charge in [-0.25, -0.2) is 0 Å². The zero-order valence-electron chi connectivity index (χ0n) is 11.5. The summed E-state index contributed by atoms with van der Waals surface area (Å²) >= 11 is 3.65. The molecule has 0 saturated heterocycles. The molecule has 0 spiro atoms. The van der Waals surface area contributed by atoms with Crippen LogP contribution in [0.3, 0.4) is 0 Å². The van der Waals surface area contributed by atoms with E-state index >= 15 is 0 Å². The van der Waals surface area contributed by atoms with Crippen LogP contribution in [-0.4, -0.2) is 0 Å². The van der Waals surface area contributed by atoms with Gasteiger partial charge in [0, 0.05) is 10.4 Å². The summed E-state index contributed by atoms with van der Waals surface area (Å²) in [5.41, 5.74) is 8.53. The Morgan fingerprint density at radius 3 is 2.26 bits per heavy atom. The lowest BCUT2D eigenvalue weighted by Gasteiger charge is -2.16. The number of allylic oxidation sites excluding steroid dienone is 2. The van der Waals surface area contributed by atoms with Crippen molar-refractivity contribution >= 4 is 21.5 Å². The molecule has 0 aromatic heterocycles. The fourth-order valence-corrected chi connectivity index (χ4v) is 3.50. The van der Waals surface area contributed by atoms with Crippen LogP contribution < -0.4 is 0 Å². The third kappa shape index (κ3) is 1.88. The van der Waals surface area contributed by atoms with Crippen molar-refractivity contribution in [3.05, 3.63) is 74.8 Å². The largest absolute Gasteiger partial charge is 0.0622 e. The highest BCUT2D eigenvalue weighted by Crippen LogP contribution is 2.47. The molecule has 1 aliphatic carbocycles. The van der Waals surface area contributed by atoms with E-state index in [0.717, 1.165) is 0 Å². The molecule has 0 nitrogen and oxygen atoms in total. The molecule has 1 unspecified atom stereocenters. The standard InChI is InChI=1S/C18H17Br/c1-11-12(2)18(14-7-5-4-6-8-14)15-9-10-16(19)13(3)17(11)15/h4-10,18H,1-3H3. The predicted octanol–water partition coefficient (Wildman–Crippen LogP) is 5.70. The maximum atomic E-state index is 3.65. The normalized spacial score (nSPS) is 17.8. The topological polar surface area (TPSA) is 0 Å². The Labute approximate surface area is 123 Å². The molecule has 0 saturated carbocycles. The minimum atomic E-state index is 0.419. The molecular weight excluding hydrogens is 296 g/mol. The predicted molar refractivity (Wildman–Crippen MR) is 85.4 cm³/mol. The van der Waals surface area contributed by atoms with E-state index in [1.165, 1.54) is 37.9 Å². The Morgan fingerprint density at radius 1 is 0.895 bits per heavy atom. The van der Waals surface area contributed by atoms with Crippen LogP contribution in [0.2, 0.25) is 0 Å². The van der Waals surface area contributed by atoms with Crippen molar-refractivity contribution in [1.29, 1.82) is 0 Å². The van der Waals surface area contributed by atoms with Gasteiger partial charge in [-0.1, -0.05) is 57.9 Å². The molecule has 0 bridgehead atoms. The molecule has 1 heteroatoms. The van der Waals surface area contributed by atoms with Gasteiger partial charge in [0.25, 0.3) is 0 Å². The van der Waals surface area contributed by atoms with Crippen LogP contribution in [0.4, 0.5) is 0 Å². The first kappa shape index (κ1) is 12.7. The van der Waals surface area contributed by atoms with E-state index < -0.39 is 0 Å². The van der Waals surface area contributed by atoms with Gasteiger partial charge in [0.05, 0.1) is 0 Å². The second-order valence-corrected chi connectivity index (χ2v) is 6.14. The Balaban J connectivity index is 2.25. The molecule has 1 aliphatic rings. The van der Waals surface area contributed by atoms with Gasteiger partial charge in [0.2, 0.25) is 0 Å². The number of benzene rings is 2. The second kappa shape index (κ2) is 4.64. The van der Waals surface area contributed by atoms with E-state index in [2.05, 4.69) is 79.2 Å². The van der Waals surface area contributed by atoms with E-state index in [0.29, 0.717) is 5.92 Å². The number of hydrogen-bond donors (Lipinski definition) is 0. The molecule has 0 radical (unpaired) electrons. The summed E-state index contributed by atoms with van der Waals surface area (Å²) in [6.45, 7) is 6.71. The molecule has 0 amide bonds. The van der Waals surface area contributed by atoms with Gasteiger partial charge < -0.3 is 0 Å². The van der Waals surface area contributed by atoms with Crippen LogP contribution in [0.1, 0.15) is 42.0 Å². The summed E-state index contributed by atoms with van der Waals surface area (Å²) in [6.07, 6.45) is 0. The van der Waals surface area contributed by atoms with Crippen LogP contribution in [0.25, 0.3) is 5.57 Å². The summed E-state index contributed by atoms with van der Waals surface area (Å²) < 4.78 is 1.20. The molecule has 96 valence electrons. The van der Waals surface area contributed by atoms with Gasteiger partial charge in [0.15, 0.2) is 0 Å². The number of hydrogen-bond acceptors (Lipinski definition) is 0. The molecular formula is C18H17Br. The minimum absolute atomic E-state index is 0.419. The maximum absolute atomic E-state index is 3.65. The molecule has 0 N–H and O–H groups in total. The van der Waals surface area contributed by atoms with Crippen LogP contribution in [-0.2, 0) is 0 Å². The third-order valence-corrected chi connectivity index (χ3v) is 5.13. The lowest BCUT2D eigenvalue weighted by Crippen LogP contribution is -1.99. The zero-order valence-corrected chi connectivity index (χ0v) is 13.1. The summed E-state index contributed by atoms with van der Waals surface area (Å²) in [5, 5.41) is 0. The smallest absolute Gasteiger partial charge is 0.0308 e. The average molecular weight is 313 g/mol. The lowest BCUT2D eigenvalue weighted by atomic mass is 9.88. The fraction of sp³-hybridized carbons (Fsp3) is 0.222. The van der Waals surface area contributed by atoms with Crippen molar-refractivity contribution in [2.24, 2.45) is 0 Å². The number of fused-ring (bicyclic) bond motifs is 1. The van der Waals surface area contributed by atoms with Crippen molar-refractivity contribution < 1.29 is 0 Å². The molecule has 0 aliphatic heterocycles. The molecule has 2 aromatic rings. The zero-order chi connectivity index (χ0) is 13.6. The summed E-state index contributed by atoms with van der Waals surface area (Å²) in [7, 11) is 0. The highest BCUT2D eigenvalue weighted by molar-refractivity contribution is 9.10. The van der Waals surface area contributed by atoms with Gasteiger partial charge in [-0.3, -0.25) is 0 Å². The van der Waals surface area contributed by atoms with E-state index in [-0.39, 0.29) is 0 Å². The van der Waals surface area contributed by atoms with E-state index in [1.807, 2.05) is 0 Å². The van der Waals surface area contributed by atoms with E-state index in [4.69, 9.17) is 0 Å². The summed E-state index contributed by atoms with van der Waals surface area (Å²) in [5.74, 6) is 0.419. The third-order valence-electron chi connectivity index (χ3n) is 4.27. The van der Waals surface area contributed by atoms with Crippen molar-refractivity contribution in [3.63, 3.8) is 0 Å². The Bertz CT molecular complexity index is 666. The van der Waals surface area contributed by atoms with Gasteiger partial charge in [-0.15, -0.1) is 0 Å². The summed E-state index contributed by atoms with van der Waals surface area (Å²) in [4.78, 5) is 0. The first-order chi connectivity index (χ1) is 9.11. The van der Waals surface area contributed by atoms with Gasteiger partial charge >= 0.3 is 0 Å². The SMILES string of the molecule is CC1=C(C)C(c2ccccc2)c2ccc(Br)c(C)c21.